The summed E-state index contributed by atoms with van der Waals surface area (Å²) in [6, 6.07) is 15.5. The number of halogens is 3. The Morgan fingerprint density at radius 2 is 1.00 bits per heavy atom. The van der Waals surface area contributed by atoms with Gasteiger partial charge in [0.05, 0.1) is 0 Å². The van der Waals surface area contributed by atoms with Crippen molar-refractivity contribution in [2.24, 2.45) is 0 Å². The van der Waals surface area contributed by atoms with Gasteiger partial charge in [0.25, 0.3) is 0 Å². The van der Waals surface area contributed by atoms with Gasteiger partial charge in [-0.25, -0.2) is 13.2 Å². The van der Waals surface area contributed by atoms with E-state index in [1.165, 1.54) is 54.6 Å². The van der Waals surface area contributed by atoms with Crippen LogP contribution in [-0.4, -0.2) is 17.4 Å². The Bertz CT molecular complexity index is 807. The van der Waals surface area contributed by atoms with E-state index in [4.69, 9.17) is 4.65 Å². The molecule has 0 bridgehead atoms. The molecule has 3 nitrogen and oxygen atoms in total. The number of hydrogen-bond donors (Lipinski definition) is 2. The van der Waals surface area contributed by atoms with E-state index in [9.17, 15) is 23.2 Å². The maximum Gasteiger partial charge on any atom is 0.635 e. The average Bonchev–Trinajstić information content (AvgIpc) is 2.59. The second-order valence-electron chi connectivity index (χ2n) is 5.66. The van der Waals surface area contributed by atoms with Gasteiger partial charge in [0, 0.05) is 0 Å². The molecule has 132 valence electrons. The van der Waals surface area contributed by atoms with Crippen molar-refractivity contribution >= 4 is 7.32 Å². The van der Waals surface area contributed by atoms with Gasteiger partial charge in [-0.15, -0.1) is 0 Å². The molecule has 0 amide bonds. The average molecular weight is 358 g/mol. The molecule has 0 spiro atoms. The van der Waals surface area contributed by atoms with Crippen LogP contribution in [0.15, 0.2) is 72.8 Å². The smallest absolute Gasteiger partial charge is 0.402 e. The summed E-state index contributed by atoms with van der Waals surface area (Å²) in [5.74, 6) is -1.85. The molecule has 0 radical (unpaired) electrons. The normalized spacial score (nSPS) is 11.4. The van der Waals surface area contributed by atoms with E-state index >= 15 is 0 Å². The lowest BCUT2D eigenvalue weighted by atomic mass is 9.79. The number of benzene rings is 3. The summed E-state index contributed by atoms with van der Waals surface area (Å²) in [6.07, 6.45) is 0. The van der Waals surface area contributed by atoms with E-state index in [1.54, 1.807) is 0 Å². The molecule has 0 aliphatic rings. The highest BCUT2D eigenvalue weighted by atomic mass is 19.1. The van der Waals surface area contributed by atoms with Crippen molar-refractivity contribution in [2.75, 3.05) is 0 Å². The first-order valence-corrected chi connectivity index (χ1v) is 7.74. The molecule has 3 rings (SSSR count). The third-order valence-electron chi connectivity index (χ3n) is 3.98. The van der Waals surface area contributed by atoms with Crippen LogP contribution in [-0.2, 0) is 10.3 Å². The summed E-state index contributed by atoms with van der Waals surface area (Å²) < 4.78 is 47.1. The van der Waals surface area contributed by atoms with Crippen LogP contribution in [0.25, 0.3) is 0 Å². The molecule has 0 saturated heterocycles. The molecule has 0 atom stereocenters. The molecule has 0 heterocycles. The van der Waals surface area contributed by atoms with Crippen LogP contribution >= 0.6 is 0 Å². The van der Waals surface area contributed by atoms with Crippen molar-refractivity contribution in [3.63, 3.8) is 0 Å². The van der Waals surface area contributed by atoms with E-state index < -0.39 is 30.4 Å². The highest BCUT2D eigenvalue weighted by Gasteiger charge is 2.41. The lowest BCUT2D eigenvalue weighted by Gasteiger charge is -2.36. The van der Waals surface area contributed by atoms with Crippen molar-refractivity contribution in [3.05, 3.63) is 107 Å². The molecule has 2 N–H and O–H groups in total. The molecule has 0 aliphatic carbocycles. The van der Waals surface area contributed by atoms with Crippen LogP contribution in [0.5, 0.6) is 0 Å². The van der Waals surface area contributed by atoms with Crippen molar-refractivity contribution in [2.45, 2.75) is 5.60 Å². The van der Waals surface area contributed by atoms with Crippen LogP contribution in [0, 0.1) is 17.5 Å². The Labute approximate surface area is 148 Å². The van der Waals surface area contributed by atoms with Crippen LogP contribution < -0.4 is 0 Å². The summed E-state index contributed by atoms with van der Waals surface area (Å²) in [5, 5.41) is 19.1. The largest absolute Gasteiger partial charge is 0.635 e. The third-order valence-corrected chi connectivity index (χ3v) is 3.98. The van der Waals surface area contributed by atoms with Crippen molar-refractivity contribution in [1.29, 1.82) is 0 Å². The minimum atomic E-state index is -2.29. The predicted octanol–water partition coefficient (Wildman–Crippen LogP) is 3.38. The molecule has 3 aromatic rings. The Morgan fingerprint density at radius 1 is 0.654 bits per heavy atom. The molecule has 3 aromatic carbocycles. The first-order valence-electron chi connectivity index (χ1n) is 7.74. The molecule has 0 saturated carbocycles. The molecule has 7 heteroatoms. The quantitative estimate of drug-likeness (QED) is 0.543. The van der Waals surface area contributed by atoms with Gasteiger partial charge in [0.15, 0.2) is 0 Å². The Morgan fingerprint density at radius 3 is 1.27 bits per heavy atom. The number of hydrogen-bond acceptors (Lipinski definition) is 3. The second kappa shape index (κ2) is 7.33. The second-order valence-corrected chi connectivity index (χ2v) is 5.66. The molecule has 0 aromatic heterocycles. The summed E-state index contributed by atoms with van der Waals surface area (Å²) in [7, 11) is -2.29. The van der Waals surface area contributed by atoms with E-state index in [2.05, 4.69) is 0 Å². The van der Waals surface area contributed by atoms with Gasteiger partial charge in [-0.3, -0.25) is 0 Å². The van der Waals surface area contributed by atoms with Crippen LogP contribution in [0.4, 0.5) is 13.2 Å². The standard InChI is InChI=1S/C19H14BF3O3/c21-16-7-1-4-13(10-16)19(26-20(24)25,14-5-2-8-17(22)11-14)15-6-3-9-18(23)12-15/h1-12,24-25H. The van der Waals surface area contributed by atoms with E-state index in [0.29, 0.717) is 0 Å². The third kappa shape index (κ3) is 3.50. The summed E-state index contributed by atoms with van der Waals surface area (Å²) in [6.45, 7) is 0. The van der Waals surface area contributed by atoms with Gasteiger partial charge < -0.3 is 14.7 Å². The van der Waals surface area contributed by atoms with Crippen molar-refractivity contribution < 1.29 is 27.9 Å². The van der Waals surface area contributed by atoms with Crippen LogP contribution in [0.2, 0.25) is 0 Å². The Hall–Kier alpha value is -2.61. The summed E-state index contributed by atoms with van der Waals surface area (Å²) >= 11 is 0. The topological polar surface area (TPSA) is 49.7 Å². The van der Waals surface area contributed by atoms with Gasteiger partial charge in [-0.05, 0) is 53.1 Å². The zero-order chi connectivity index (χ0) is 18.7. The van der Waals surface area contributed by atoms with E-state index in [1.807, 2.05) is 0 Å². The maximum atomic E-state index is 13.9. The lowest BCUT2D eigenvalue weighted by molar-refractivity contribution is 0.0807. The maximum absolute atomic E-state index is 13.9. The molecule has 0 aliphatic heterocycles. The molecule has 0 fully saturated rings. The summed E-state index contributed by atoms with van der Waals surface area (Å²) in [5.41, 5.74) is -1.43. The predicted molar refractivity (Wildman–Crippen MR) is 90.4 cm³/mol. The molecular formula is C19H14BF3O3. The molecular weight excluding hydrogens is 344 g/mol. The van der Waals surface area contributed by atoms with Gasteiger partial charge >= 0.3 is 7.32 Å². The Balaban J connectivity index is 2.38. The Kier molecular flexibility index (Phi) is 5.13. The number of rotatable bonds is 5. The van der Waals surface area contributed by atoms with Crippen molar-refractivity contribution in [1.82, 2.24) is 0 Å². The zero-order valence-electron chi connectivity index (χ0n) is 13.4. The fourth-order valence-corrected chi connectivity index (χ4v) is 2.98. The minimum absolute atomic E-state index is 0.141. The van der Waals surface area contributed by atoms with E-state index in [0.717, 1.165) is 18.2 Å². The zero-order valence-corrected chi connectivity index (χ0v) is 13.4. The first-order chi connectivity index (χ1) is 12.4. The fourth-order valence-electron chi connectivity index (χ4n) is 2.98. The first kappa shape index (κ1) is 18.2. The minimum Gasteiger partial charge on any atom is -0.402 e. The van der Waals surface area contributed by atoms with Crippen molar-refractivity contribution in [3.8, 4) is 0 Å². The molecule has 0 unspecified atom stereocenters. The molecule has 26 heavy (non-hydrogen) atoms. The van der Waals surface area contributed by atoms with Gasteiger partial charge in [-0.2, -0.15) is 0 Å². The van der Waals surface area contributed by atoms with E-state index in [-0.39, 0.29) is 16.7 Å². The van der Waals surface area contributed by atoms with Gasteiger partial charge in [-0.1, -0.05) is 36.4 Å². The van der Waals surface area contributed by atoms with Gasteiger partial charge in [0.2, 0.25) is 0 Å². The highest BCUT2D eigenvalue weighted by Crippen LogP contribution is 2.41. The lowest BCUT2D eigenvalue weighted by Crippen LogP contribution is -2.39. The summed E-state index contributed by atoms with van der Waals surface area (Å²) in [4.78, 5) is 0. The fraction of sp³-hybridized carbons (Fsp3) is 0.0526. The van der Waals surface area contributed by atoms with Gasteiger partial charge in [0.1, 0.15) is 23.1 Å². The SMILES string of the molecule is OB(O)OC(c1cccc(F)c1)(c1cccc(F)c1)c1cccc(F)c1. The highest BCUT2D eigenvalue weighted by molar-refractivity contribution is 6.33. The van der Waals surface area contributed by atoms with Crippen LogP contribution in [0.3, 0.4) is 0 Å². The van der Waals surface area contributed by atoms with Crippen LogP contribution in [0.1, 0.15) is 16.7 Å². The monoisotopic (exact) mass is 358 g/mol.